The van der Waals surface area contributed by atoms with Crippen LogP contribution >= 0.6 is 31.9 Å². The van der Waals surface area contributed by atoms with Crippen LogP contribution in [0.5, 0.6) is 0 Å². The molecular formula is C101H122Br2N42O5. The van der Waals surface area contributed by atoms with Gasteiger partial charge in [0.2, 0.25) is 0 Å². The fraction of sp³-hybridized carbons (Fsp3) is 0.386. The van der Waals surface area contributed by atoms with Gasteiger partial charge in [-0.05, 0) is 161 Å². The van der Waals surface area contributed by atoms with Crippen LogP contribution in [0.4, 0.5) is 34.9 Å². The maximum atomic E-state index is 12.3. The third-order valence-corrected chi connectivity index (χ3v) is 29.7. The van der Waals surface area contributed by atoms with Gasteiger partial charge in [0.05, 0.1) is 137 Å². The number of nitrogens with zero attached hydrogens (tertiary/aromatic N) is 27. The second-order valence-electron chi connectivity index (χ2n) is 39.4. The number of halogens is 2. The van der Waals surface area contributed by atoms with Gasteiger partial charge in [-0.15, -0.1) is 0 Å². The molecule has 9 atom stereocenters. The Hall–Kier alpha value is -15.4. The predicted molar refractivity (Wildman–Crippen MR) is 575 cm³/mol. The molecule has 0 radical (unpaired) electrons. The molecule has 6 aliphatic heterocycles. The number of aliphatic hydroxyl groups excluding tert-OH is 1. The highest BCUT2D eigenvalue weighted by Crippen LogP contribution is 2.41. The lowest BCUT2D eigenvalue weighted by molar-refractivity contribution is -0.158. The van der Waals surface area contributed by atoms with Crippen LogP contribution in [0.1, 0.15) is 179 Å². The molecule has 1 aromatic carbocycles. The molecule has 0 amide bonds. The molecule has 150 heavy (non-hydrogen) atoms. The highest BCUT2D eigenvalue weighted by atomic mass is 79.9. The standard InChI is InChI=1S/C22H25N7O.C20H27N7O2.C17H21N7O2.2C14H16BrN7.C14H17N7/c23-21-9-19(16-7-4-8-24-10-16)27-22-18(12-26-29(21)22)17-11-25-28(13-17)20(14-30)15-5-2-1-3-6-15;1-20(2,3)29-19(28)15-6-5-12(8-22-15)16-7-17(21)27-18(25-16)14(10-24-27)13-9-23-26(4)11-13;1-23-9-11(7-20-23)12-8-21-24-15(18)5-14(22-16(12)24)10-3-4-13(19-6-10)17(25)26-2;2*15-11-12(8-2-1-3-17-4-8)21-14-10(9-5-18-19-6-9)7-20-22(14)13(11)16;15-13-4-12(9-2-1-3-16-5-9)20-14-11(8-19-21(13)14)10-6-17-18-7-10/h1-3,5-6,9,11-13,16,20,24,30H,4,7-8,10,14,23H2;7,9-12,15,22H,5-6,8,21H2,1-4H3;5,7-10,13,19H,3-4,6,18H2,1-2H3;2*5-8,17H,1-4,16H2,(H,18,19);4,6-9,16H,1-3,5,15H2,(H,17,18)/t;12-,15-;10-,13-;;;/m.00.../s1. The van der Waals surface area contributed by atoms with Gasteiger partial charge in [-0.2, -0.15) is 88.3 Å². The fourth-order valence-corrected chi connectivity index (χ4v) is 21.3. The van der Waals surface area contributed by atoms with Crippen molar-refractivity contribution in [2.24, 2.45) is 14.1 Å². The van der Waals surface area contributed by atoms with E-state index in [1.54, 1.807) is 115 Å². The van der Waals surface area contributed by atoms with Gasteiger partial charge in [0.1, 0.15) is 52.6 Å². The third kappa shape index (κ3) is 21.9. The number of nitrogen functional groups attached to an aromatic ring is 6. The Kier molecular flexibility index (Phi) is 30.5. The number of nitrogens with one attached hydrogen (secondary N) is 9. The molecule has 0 spiro atoms. The van der Waals surface area contributed by atoms with Crippen molar-refractivity contribution < 1.29 is 24.2 Å². The number of carbonyl (C=O) groups excluding carboxylic acids is 2. The zero-order chi connectivity index (χ0) is 104. The van der Waals surface area contributed by atoms with E-state index in [2.05, 4.69) is 140 Å². The van der Waals surface area contributed by atoms with E-state index in [1.165, 1.54) is 13.5 Å². The molecule has 22 N–H and O–H groups in total. The van der Waals surface area contributed by atoms with Gasteiger partial charge >= 0.3 is 11.9 Å². The quantitative estimate of drug-likeness (QED) is 0.0377. The molecule has 6 saturated heterocycles. The van der Waals surface area contributed by atoms with Crippen LogP contribution in [0.25, 0.3) is 101 Å². The van der Waals surface area contributed by atoms with Crippen molar-refractivity contribution in [3.8, 4) is 66.8 Å². The van der Waals surface area contributed by atoms with Gasteiger partial charge in [-0.3, -0.25) is 38.9 Å². The van der Waals surface area contributed by atoms with Gasteiger partial charge in [0.25, 0.3) is 0 Å². The van der Waals surface area contributed by atoms with Crippen LogP contribution in [0.2, 0.25) is 0 Å². The maximum absolute atomic E-state index is 12.3. The van der Waals surface area contributed by atoms with E-state index < -0.39 is 5.60 Å². The van der Waals surface area contributed by atoms with Crippen molar-refractivity contribution >= 4 is 113 Å². The Labute approximate surface area is 877 Å². The number of rotatable bonds is 17. The van der Waals surface area contributed by atoms with Crippen molar-refractivity contribution in [3.63, 3.8) is 0 Å². The molecule has 0 saturated carbocycles. The maximum Gasteiger partial charge on any atom is 0.323 e. The van der Waals surface area contributed by atoms with Gasteiger partial charge in [-0.25, -0.2) is 29.9 Å². The number of ether oxygens (including phenoxy) is 2. The average molecular weight is 2160 g/mol. The Morgan fingerprint density at radius 2 is 0.733 bits per heavy atom. The van der Waals surface area contributed by atoms with Crippen LogP contribution in [0.15, 0.2) is 175 Å². The molecular weight excluding hydrogens is 2040 g/mol. The van der Waals surface area contributed by atoms with E-state index in [0.717, 1.165) is 248 Å². The van der Waals surface area contributed by atoms with E-state index in [-0.39, 0.29) is 48.5 Å². The molecule has 24 heterocycles. The van der Waals surface area contributed by atoms with E-state index in [1.807, 2.05) is 127 Å². The molecule has 18 aromatic heterocycles. The molecule has 0 aliphatic carbocycles. The number of aromatic nitrogens is 30. The summed E-state index contributed by atoms with van der Waals surface area (Å²) in [4.78, 5) is 53.1. The van der Waals surface area contributed by atoms with E-state index in [9.17, 15) is 14.7 Å². The minimum absolute atomic E-state index is 0.0378. The zero-order valence-electron chi connectivity index (χ0n) is 83.9. The number of anilines is 6. The van der Waals surface area contributed by atoms with E-state index in [4.69, 9.17) is 73.8 Å². The summed E-state index contributed by atoms with van der Waals surface area (Å²) < 4.78 is 27.2. The smallest absolute Gasteiger partial charge is 0.323 e. The number of esters is 2. The summed E-state index contributed by atoms with van der Waals surface area (Å²) in [6, 6.07) is 16.7. The van der Waals surface area contributed by atoms with Crippen molar-refractivity contribution in [2.75, 3.05) is 114 Å². The number of methoxy groups -OCH3 is 1. The van der Waals surface area contributed by atoms with Crippen LogP contribution in [0, 0.1) is 0 Å². The number of aromatic amines is 3. The van der Waals surface area contributed by atoms with Crippen molar-refractivity contribution in [1.29, 1.82) is 0 Å². The number of carbonyl (C=O) groups is 2. The van der Waals surface area contributed by atoms with Crippen LogP contribution < -0.4 is 66.3 Å². The Balaban J connectivity index is 0.000000109. The Morgan fingerprint density at radius 1 is 0.400 bits per heavy atom. The first kappa shape index (κ1) is 102. The summed E-state index contributed by atoms with van der Waals surface area (Å²) in [6.45, 7) is 14.9. The molecule has 6 fully saturated rings. The van der Waals surface area contributed by atoms with Gasteiger partial charge < -0.3 is 80.9 Å². The van der Waals surface area contributed by atoms with Crippen LogP contribution in [-0.2, 0) is 33.2 Å². The minimum atomic E-state index is -0.485. The Morgan fingerprint density at radius 3 is 1.05 bits per heavy atom. The molecule has 5 unspecified atom stereocenters. The number of nitrogens with two attached hydrogens (primary N) is 6. The number of H-pyrrole nitrogens is 3. The lowest BCUT2D eigenvalue weighted by Gasteiger charge is -2.30. The molecule has 49 heteroatoms. The number of aryl methyl sites for hydroxylation is 2. The number of benzene rings is 1. The van der Waals surface area contributed by atoms with Gasteiger partial charge in [-0.1, -0.05) is 30.3 Å². The summed E-state index contributed by atoms with van der Waals surface area (Å²) in [5.41, 5.74) is 59.4. The summed E-state index contributed by atoms with van der Waals surface area (Å²) in [5, 5.41) is 89.8. The second kappa shape index (κ2) is 45.0. The lowest BCUT2D eigenvalue weighted by Crippen LogP contribution is -2.46. The fourth-order valence-electron chi connectivity index (χ4n) is 20.1. The summed E-state index contributed by atoms with van der Waals surface area (Å²) in [7, 11) is 5.15. The molecule has 19 aromatic rings. The number of hydrogen-bond donors (Lipinski definition) is 16. The van der Waals surface area contributed by atoms with E-state index in [0.29, 0.717) is 95.8 Å². The zero-order valence-corrected chi connectivity index (χ0v) is 87.1. The monoisotopic (exact) mass is 2160 g/mol. The van der Waals surface area contributed by atoms with Crippen molar-refractivity contribution in [2.45, 2.75) is 157 Å². The highest BCUT2D eigenvalue weighted by Gasteiger charge is 2.35. The van der Waals surface area contributed by atoms with Crippen LogP contribution in [0.3, 0.4) is 0 Å². The molecule has 25 rings (SSSR count). The number of piperidine rings is 6. The first-order chi connectivity index (χ1) is 72.8. The number of hydrogen-bond acceptors (Lipinski definition) is 35. The highest BCUT2D eigenvalue weighted by molar-refractivity contribution is 9.11. The second-order valence-corrected chi connectivity index (χ2v) is 40.9. The first-order valence-electron chi connectivity index (χ1n) is 50.3. The van der Waals surface area contributed by atoms with Gasteiger partial charge in [0, 0.05) is 217 Å². The van der Waals surface area contributed by atoms with E-state index >= 15 is 0 Å². The first-order valence-corrected chi connectivity index (χ1v) is 51.9. The molecule has 780 valence electrons. The van der Waals surface area contributed by atoms with Crippen LogP contribution in [-0.4, -0.2) is 261 Å². The number of aliphatic hydroxyl groups is 1. The van der Waals surface area contributed by atoms with Gasteiger partial charge in [0.15, 0.2) is 33.9 Å². The average Bonchev–Trinajstić information content (AvgIpc) is 1.61. The molecule has 47 nitrogen and oxygen atoms in total. The summed E-state index contributed by atoms with van der Waals surface area (Å²) in [5.74, 6) is 4.86. The van der Waals surface area contributed by atoms with Crippen molar-refractivity contribution in [3.05, 3.63) is 215 Å². The SMILES string of the molecule is COC(=O)[C@@H]1CC[C@H](c2cc(N)n3ncc(-c4cnn(C)c4)c3n2)CN1.Cn1cc(-c2cnn3c(N)cc([C@H]4CC[C@@H](C(=O)OC(C)(C)C)NC4)nc23)cn1.Nc1c(Br)c(C2CCCNC2)nc2c(-c3cn[nH]c3)cnn12.Nc1c(Br)c(C2CCCNC2)nc2c(-c3cn[nH]c3)cnn12.Nc1cc(C2CCCNC2)nc2c(-c3cn[nH]c3)cnn12.Nc1cc(C2CCCNC2)nc2c(-c3cnn(C(CO)c4ccccc4)c3)cnn12. The van der Waals surface area contributed by atoms with Crippen molar-refractivity contribution in [1.82, 2.24) is 179 Å². The minimum Gasteiger partial charge on any atom is -0.468 e. The Bertz CT molecular complexity index is 7730. The summed E-state index contributed by atoms with van der Waals surface area (Å²) in [6.07, 6.45) is 44.7. The summed E-state index contributed by atoms with van der Waals surface area (Å²) >= 11 is 7.20. The predicted octanol–water partition coefficient (Wildman–Crippen LogP) is 9.86. The molecule has 6 aliphatic rings. The largest absolute Gasteiger partial charge is 0.468 e. The third-order valence-electron chi connectivity index (χ3n) is 28.1. The lowest BCUT2D eigenvalue weighted by atomic mass is 9.91. The normalized spacial score (nSPS) is 19.2. The molecule has 0 bridgehead atoms. The topological polar surface area (TPSA) is 622 Å². The number of fused-ring (bicyclic) bond motifs is 6.